The fourth-order valence-electron chi connectivity index (χ4n) is 12.6. The molecule has 10 aromatic carbocycles. The Bertz CT molecular complexity index is 3720. The summed E-state index contributed by atoms with van der Waals surface area (Å²) >= 11 is 0. The molecule has 0 saturated heterocycles. The number of fused-ring (bicyclic) bond motifs is 6. The summed E-state index contributed by atoms with van der Waals surface area (Å²) in [6.45, 7) is 13.4. The van der Waals surface area contributed by atoms with Gasteiger partial charge in [0.2, 0.25) is 6.71 Å². The van der Waals surface area contributed by atoms with Gasteiger partial charge in [-0.3, -0.25) is 0 Å². The minimum atomic E-state index is -0.277. The van der Waals surface area contributed by atoms with Gasteiger partial charge in [-0.1, -0.05) is 174 Å². The molecule has 0 radical (unpaired) electrons. The Hall–Kier alpha value is -8.54. The first kappa shape index (κ1) is 47.2. The van der Waals surface area contributed by atoms with E-state index in [4.69, 9.17) is 0 Å². The predicted molar refractivity (Wildman–Crippen MR) is 323 cm³/mol. The number of nitrogens with zero attached hydrogens (tertiary/aromatic N) is 4. The Morgan fingerprint density at radius 2 is 0.737 bits per heavy atom. The third-order valence-corrected chi connectivity index (χ3v) is 16.0. The lowest BCUT2D eigenvalue weighted by atomic mass is 9.30. The van der Waals surface area contributed by atoms with E-state index in [1.807, 2.05) is 12.1 Å². The van der Waals surface area contributed by atoms with Crippen LogP contribution in [0, 0.1) is 5.82 Å². The van der Waals surface area contributed by atoms with E-state index in [0.717, 1.165) is 73.7 Å². The highest BCUT2D eigenvalue weighted by Gasteiger charge is 2.47. The highest BCUT2D eigenvalue weighted by Crippen LogP contribution is 2.49. The van der Waals surface area contributed by atoms with Crippen molar-refractivity contribution in [1.29, 1.82) is 0 Å². The normalized spacial score (nSPS) is 13.2. The zero-order valence-electron chi connectivity index (χ0n) is 44.0. The van der Waals surface area contributed by atoms with Crippen LogP contribution in [0.1, 0.15) is 76.0 Å². The van der Waals surface area contributed by atoms with Crippen LogP contribution in [0.25, 0.3) is 0 Å². The van der Waals surface area contributed by atoms with Crippen LogP contribution in [0.15, 0.2) is 231 Å². The highest BCUT2D eigenvalue weighted by molar-refractivity contribution is 7.02. The maximum Gasteiger partial charge on any atom is 0.252 e. The van der Waals surface area contributed by atoms with E-state index in [1.54, 1.807) is 6.07 Å². The summed E-state index contributed by atoms with van der Waals surface area (Å²) in [6, 6.07) is 83.2. The van der Waals surface area contributed by atoms with E-state index >= 15 is 4.39 Å². The quantitative estimate of drug-likeness (QED) is 0.127. The molecule has 3 aliphatic rings. The predicted octanol–water partition coefficient (Wildman–Crippen LogP) is 15.0. The SMILES string of the molecule is CC(C)c1cc(C(C)C)c(B2c3cc(F)ccc3N(c3ccccc3)c3cc4c(cc32)B2c3ccccc3N(c3ccccc3)c3cc(N(c5ccccc5)c5ccccc5)cc(c32)N4c2ccccc2)c(C(C)C)c1. The molecule has 3 aliphatic heterocycles. The largest absolute Gasteiger partial charge is 0.311 e. The maximum atomic E-state index is 16.4. The van der Waals surface area contributed by atoms with E-state index in [0.29, 0.717) is 5.92 Å². The summed E-state index contributed by atoms with van der Waals surface area (Å²) in [4.78, 5) is 9.79. The maximum absolute atomic E-state index is 16.4. The number of rotatable bonds is 10. The Balaban J connectivity index is 1.18. The van der Waals surface area contributed by atoms with Gasteiger partial charge in [0.25, 0.3) is 6.71 Å². The number of para-hydroxylation sites is 6. The van der Waals surface area contributed by atoms with Gasteiger partial charge in [0.15, 0.2) is 0 Å². The Morgan fingerprint density at radius 1 is 0.329 bits per heavy atom. The standard InChI is InChI=1S/C69H59B2FN4/c1-45(2)48-38-56(46(3)4)68(57(39-48)47(5)6)71-59-40-49(72)36-37-63(59)74(52-28-16-9-17-29-52)64-44-65-60(43-61(64)71)70-58-34-22-23-35-62(58)75(53-30-18-10-19-31-53)66-41-55(42-67(69(66)70)76(65)54-32-20-11-21-33-54)73(50-24-12-7-13-25-50)51-26-14-8-15-27-51/h7-47H,1-6H3. The van der Waals surface area contributed by atoms with Crippen molar-refractivity contribution in [2.24, 2.45) is 0 Å². The zero-order valence-corrected chi connectivity index (χ0v) is 44.0. The monoisotopic (exact) mass is 984 g/mol. The van der Waals surface area contributed by atoms with Gasteiger partial charge in [-0.2, -0.15) is 0 Å². The van der Waals surface area contributed by atoms with Crippen LogP contribution in [-0.4, -0.2) is 13.4 Å². The molecule has 3 heterocycles. The van der Waals surface area contributed by atoms with Crippen LogP contribution in [0.2, 0.25) is 0 Å². The van der Waals surface area contributed by atoms with Gasteiger partial charge in [0.05, 0.1) is 5.69 Å². The van der Waals surface area contributed by atoms with Crippen LogP contribution in [0.5, 0.6) is 0 Å². The van der Waals surface area contributed by atoms with E-state index in [9.17, 15) is 0 Å². The molecule has 0 atom stereocenters. The van der Waals surface area contributed by atoms with E-state index < -0.39 is 0 Å². The van der Waals surface area contributed by atoms with Crippen molar-refractivity contribution in [2.75, 3.05) is 19.6 Å². The lowest BCUT2D eigenvalue weighted by molar-refractivity contribution is 0.629. The molecule has 0 spiro atoms. The first-order chi connectivity index (χ1) is 37.1. The number of halogens is 1. The lowest BCUT2D eigenvalue weighted by Crippen LogP contribution is -2.64. The van der Waals surface area contributed by atoms with Gasteiger partial charge in [-0.05, 0) is 165 Å². The third-order valence-electron chi connectivity index (χ3n) is 16.0. The lowest BCUT2D eigenvalue weighted by Gasteiger charge is -2.46. The summed E-state index contributed by atoms with van der Waals surface area (Å²) in [7, 11) is 0. The van der Waals surface area contributed by atoms with Gasteiger partial charge < -0.3 is 19.6 Å². The molecule has 13 rings (SSSR count). The minimum absolute atomic E-state index is 0.172. The molecular formula is C69H59B2FN4. The van der Waals surface area contributed by atoms with Crippen molar-refractivity contribution in [3.8, 4) is 0 Å². The molecule has 0 N–H and O–H groups in total. The van der Waals surface area contributed by atoms with Crippen molar-refractivity contribution in [1.82, 2.24) is 0 Å². The molecule has 0 bridgehead atoms. The number of hydrogen-bond donors (Lipinski definition) is 0. The van der Waals surface area contributed by atoms with Crippen molar-refractivity contribution in [2.45, 2.75) is 59.3 Å². The summed E-state index contributed by atoms with van der Waals surface area (Å²) in [5.41, 5.74) is 24.0. The molecular weight excluding hydrogens is 925 g/mol. The number of hydrogen-bond acceptors (Lipinski definition) is 4. The molecule has 10 aromatic rings. The van der Waals surface area contributed by atoms with Crippen molar-refractivity contribution >= 4 is 114 Å². The first-order valence-corrected chi connectivity index (χ1v) is 27.0. The van der Waals surface area contributed by atoms with Crippen LogP contribution in [0.3, 0.4) is 0 Å². The molecule has 76 heavy (non-hydrogen) atoms. The average molecular weight is 985 g/mol. The molecule has 0 aliphatic carbocycles. The summed E-state index contributed by atoms with van der Waals surface area (Å²) < 4.78 is 16.4. The Kier molecular flexibility index (Phi) is 11.8. The van der Waals surface area contributed by atoms with Crippen molar-refractivity contribution in [3.05, 3.63) is 253 Å². The van der Waals surface area contributed by atoms with E-state index in [1.165, 1.54) is 44.0 Å². The Morgan fingerprint density at radius 3 is 1.22 bits per heavy atom. The molecule has 4 nitrogen and oxygen atoms in total. The van der Waals surface area contributed by atoms with Crippen molar-refractivity contribution in [3.63, 3.8) is 0 Å². The second-order valence-electron chi connectivity index (χ2n) is 21.6. The second-order valence-corrected chi connectivity index (χ2v) is 21.6. The van der Waals surface area contributed by atoms with Gasteiger partial charge >= 0.3 is 0 Å². The fraction of sp³-hybridized carbons (Fsp3) is 0.130. The van der Waals surface area contributed by atoms with Gasteiger partial charge in [0, 0.05) is 62.6 Å². The molecule has 0 saturated carbocycles. The molecule has 368 valence electrons. The average Bonchev–Trinajstić information content (AvgIpc) is 3.54. The first-order valence-electron chi connectivity index (χ1n) is 27.0. The molecule has 0 fully saturated rings. The van der Waals surface area contributed by atoms with Crippen molar-refractivity contribution < 1.29 is 4.39 Å². The summed E-state index contributed by atoms with van der Waals surface area (Å²) in [5, 5.41) is 0. The molecule has 0 unspecified atom stereocenters. The Labute approximate surface area is 448 Å². The molecule has 0 amide bonds. The summed E-state index contributed by atoms with van der Waals surface area (Å²) in [6.07, 6.45) is 0. The smallest absolute Gasteiger partial charge is 0.252 e. The van der Waals surface area contributed by atoms with E-state index in [2.05, 4.69) is 273 Å². The number of anilines is 12. The number of benzene rings is 10. The molecule has 0 aromatic heterocycles. The van der Waals surface area contributed by atoms with Crippen LogP contribution in [-0.2, 0) is 0 Å². The molecule has 7 heteroatoms. The van der Waals surface area contributed by atoms with Crippen LogP contribution >= 0.6 is 0 Å². The van der Waals surface area contributed by atoms with Gasteiger partial charge in [-0.15, -0.1) is 0 Å². The van der Waals surface area contributed by atoms with Gasteiger partial charge in [0.1, 0.15) is 5.82 Å². The fourth-order valence-corrected chi connectivity index (χ4v) is 12.6. The van der Waals surface area contributed by atoms with Crippen LogP contribution < -0.4 is 52.4 Å². The topological polar surface area (TPSA) is 13.0 Å². The minimum Gasteiger partial charge on any atom is -0.311 e. The van der Waals surface area contributed by atoms with Gasteiger partial charge in [-0.25, -0.2) is 4.39 Å². The van der Waals surface area contributed by atoms with E-state index in [-0.39, 0.29) is 31.1 Å². The summed E-state index contributed by atoms with van der Waals surface area (Å²) in [5.74, 6) is 0.547. The second kappa shape index (κ2) is 19.0. The third kappa shape index (κ3) is 7.74. The zero-order chi connectivity index (χ0) is 51.8. The van der Waals surface area contributed by atoms with Crippen LogP contribution in [0.4, 0.5) is 72.6 Å². The highest BCUT2D eigenvalue weighted by atomic mass is 19.1.